The molecule has 0 aromatic carbocycles. The lowest BCUT2D eigenvalue weighted by Gasteiger charge is -2.18. The normalized spacial score (nSPS) is 22.0. The van der Waals surface area contributed by atoms with Crippen LogP contribution in [0.5, 0.6) is 0 Å². The van der Waals surface area contributed by atoms with E-state index in [2.05, 4.69) is 46.0 Å². The molecule has 0 bridgehead atoms. The predicted octanol–water partition coefficient (Wildman–Crippen LogP) is 1.57. The molecule has 186 valence electrons. The van der Waals surface area contributed by atoms with E-state index >= 15 is 0 Å². The van der Waals surface area contributed by atoms with Crippen molar-refractivity contribution >= 4 is 11.9 Å². The Morgan fingerprint density at radius 2 is 1.21 bits per heavy atom. The van der Waals surface area contributed by atoms with Gasteiger partial charge in [0.05, 0.1) is 0 Å². The van der Waals surface area contributed by atoms with Gasteiger partial charge < -0.3 is 20.4 Å². The number of rotatable bonds is 5. The predicted molar refractivity (Wildman–Crippen MR) is 125 cm³/mol. The highest BCUT2D eigenvalue weighted by atomic mass is 16.4. The third-order valence-electron chi connectivity index (χ3n) is 5.98. The first kappa shape index (κ1) is 27.3. The van der Waals surface area contributed by atoms with E-state index in [1.807, 2.05) is 36.9 Å². The van der Waals surface area contributed by atoms with E-state index in [1.54, 1.807) is 0 Å². The molecule has 2 aromatic rings. The van der Waals surface area contributed by atoms with Crippen LogP contribution in [0.3, 0.4) is 0 Å². The molecule has 2 saturated heterocycles. The van der Waals surface area contributed by atoms with Gasteiger partial charge in [-0.2, -0.15) is 0 Å². The molecule has 4 N–H and O–H groups in total. The maximum atomic E-state index is 9.77. The number of hydrogen-bond acceptors (Lipinski definition) is 8. The van der Waals surface area contributed by atoms with Crippen molar-refractivity contribution in [2.24, 2.45) is 0 Å². The van der Waals surface area contributed by atoms with Gasteiger partial charge in [0, 0.05) is 36.9 Å². The van der Waals surface area contributed by atoms with Crippen molar-refractivity contribution in [2.75, 3.05) is 27.2 Å². The molecule has 4 atom stereocenters. The van der Waals surface area contributed by atoms with Gasteiger partial charge in [0.1, 0.15) is 0 Å². The van der Waals surface area contributed by atoms with Crippen LogP contribution in [-0.4, -0.2) is 91.5 Å². The number of nitrogens with zero attached hydrogens (tertiary/aromatic N) is 4. The minimum absolute atomic E-state index is 0.610. The molecule has 0 spiro atoms. The minimum Gasteiger partial charge on any atom is -0.479 e. The summed E-state index contributed by atoms with van der Waals surface area (Å²) in [5.41, 5.74) is 2.72. The number of likely N-dealkylation sites (tertiary alicyclic amines) is 2. The summed E-state index contributed by atoms with van der Waals surface area (Å²) in [6.07, 6.45) is 8.28. The lowest BCUT2D eigenvalue weighted by molar-refractivity contribution is -0.165. The zero-order valence-electron chi connectivity index (χ0n) is 19.6. The zero-order valence-corrected chi connectivity index (χ0v) is 19.6. The number of hydrogen-bond donors (Lipinski definition) is 4. The Balaban J connectivity index is 0.000000182. The molecule has 2 aliphatic rings. The van der Waals surface area contributed by atoms with Crippen LogP contribution in [-0.2, 0) is 9.59 Å². The zero-order chi connectivity index (χ0) is 25.1. The highest BCUT2D eigenvalue weighted by Crippen LogP contribution is 2.30. The van der Waals surface area contributed by atoms with Crippen molar-refractivity contribution in [3.8, 4) is 0 Å². The maximum Gasteiger partial charge on any atom is 0.335 e. The first-order valence-electron chi connectivity index (χ1n) is 11.2. The third kappa shape index (κ3) is 8.14. The third-order valence-corrected chi connectivity index (χ3v) is 5.98. The van der Waals surface area contributed by atoms with Gasteiger partial charge in [-0.15, -0.1) is 0 Å². The summed E-state index contributed by atoms with van der Waals surface area (Å²) in [5.74, 6) is -3.54. The molecule has 2 fully saturated rings. The number of aromatic nitrogens is 2. The fourth-order valence-electron chi connectivity index (χ4n) is 4.08. The Bertz CT molecular complexity index is 812. The highest BCUT2D eigenvalue weighted by Gasteiger charge is 2.29. The van der Waals surface area contributed by atoms with Crippen LogP contribution in [0.25, 0.3) is 0 Å². The Morgan fingerprint density at radius 3 is 1.44 bits per heavy atom. The smallest absolute Gasteiger partial charge is 0.335 e. The summed E-state index contributed by atoms with van der Waals surface area (Å²) < 4.78 is 0. The second kappa shape index (κ2) is 13.7. The number of carbonyl (C=O) groups is 2. The summed E-state index contributed by atoms with van der Waals surface area (Å²) >= 11 is 0. The van der Waals surface area contributed by atoms with Gasteiger partial charge in [-0.05, 0) is 76.1 Å². The van der Waals surface area contributed by atoms with Crippen molar-refractivity contribution in [3.63, 3.8) is 0 Å². The molecule has 10 heteroatoms. The van der Waals surface area contributed by atoms with Gasteiger partial charge in [-0.3, -0.25) is 19.8 Å². The highest BCUT2D eigenvalue weighted by molar-refractivity contribution is 5.83. The molecule has 3 unspecified atom stereocenters. The van der Waals surface area contributed by atoms with Gasteiger partial charge in [0.2, 0.25) is 0 Å². The number of carboxylic acid groups (broad SMARTS) is 2. The molecule has 34 heavy (non-hydrogen) atoms. The minimum atomic E-state index is -2.27. The van der Waals surface area contributed by atoms with Crippen LogP contribution in [0.2, 0.25) is 0 Å². The standard InChI is InChI=1S/2C10H14N2.C4H6O6/c2*1-12-7-3-5-10(12)9-4-2-6-11-8-9;5-1(3(7)8)2(6)4(9)10/h2*2,4,6,8,10H,3,5,7H2,1H3;1-2,5-6H,(H,7,8)(H,9,10)/t10-;;/m0../s1. The van der Waals surface area contributed by atoms with E-state index in [-0.39, 0.29) is 0 Å². The van der Waals surface area contributed by atoms with Crippen LogP contribution in [0.15, 0.2) is 49.1 Å². The van der Waals surface area contributed by atoms with Crippen LogP contribution in [0, 0.1) is 0 Å². The fraction of sp³-hybridized carbons (Fsp3) is 0.500. The number of aliphatic hydroxyl groups excluding tert-OH is 2. The van der Waals surface area contributed by atoms with Crippen molar-refractivity contribution in [2.45, 2.75) is 50.0 Å². The van der Waals surface area contributed by atoms with Crippen molar-refractivity contribution in [1.29, 1.82) is 0 Å². The number of pyridine rings is 2. The second-order valence-corrected chi connectivity index (χ2v) is 8.42. The van der Waals surface area contributed by atoms with Gasteiger partial charge in [0.25, 0.3) is 0 Å². The molecule has 4 rings (SSSR count). The van der Waals surface area contributed by atoms with E-state index in [9.17, 15) is 9.59 Å². The van der Waals surface area contributed by atoms with E-state index in [4.69, 9.17) is 20.4 Å². The summed E-state index contributed by atoms with van der Waals surface area (Å²) in [6.45, 7) is 2.44. The fourth-order valence-corrected chi connectivity index (χ4v) is 4.08. The topological polar surface area (TPSA) is 147 Å². The molecular formula is C24H34N4O6. The van der Waals surface area contributed by atoms with Crippen molar-refractivity contribution in [3.05, 3.63) is 60.2 Å². The quantitative estimate of drug-likeness (QED) is 0.503. The van der Waals surface area contributed by atoms with Crippen molar-refractivity contribution in [1.82, 2.24) is 19.8 Å². The van der Waals surface area contributed by atoms with Gasteiger partial charge in [-0.1, -0.05) is 12.1 Å². The van der Waals surface area contributed by atoms with Gasteiger partial charge >= 0.3 is 11.9 Å². The molecule has 0 aliphatic carbocycles. The van der Waals surface area contributed by atoms with Crippen LogP contribution < -0.4 is 0 Å². The molecule has 2 aliphatic heterocycles. The molecule has 0 amide bonds. The number of aliphatic carboxylic acids is 2. The first-order chi connectivity index (χ1) is 16.2. The molecule has 0 saturated carbocycles. The lowest BCUT2D eigenvalue weighted by Crippen LogP contribution is -2.39. The van der Waals surface area contributed by atoms with E-state index in [0.717, 1.165) is 0 Å². The van der Waals surface area contributed by atoms with Crippen LogP contribution in [0.1, 0.15) is 48.9 Å². The Kier molecular flexibility index (Phi) is 11.0. The first-order valence-corrected chi connectivity index (χ1v) is 11.2. The Labute approximate surface area is 199 Å². The summed E-state index contributed by atoms with van der Waals surface area (Å²) in [6, 6.07) is 9.58. The van der Waals surface area contributed by atoms with E-state index in [1.165, 1.54) is 49.9 Å². The van der Waals surface area contributed by atoms with Crippen LogP contribution >= 0.6 is 0 Å². The Hall–Kier alpha value is -2.92. The van der Waals surface area contributed by atoms with E-state index in [0.29, 0.717) is 12.1 Å². The maximum absolute atomic E-state index is 9.77. The van der Waals surface area contributed by atoms with E-state index < -0.39 is 24.1 Å². The average molecular weight is 475 g/mol. The Morgan fingerprint density at radius 1 is 0.824 bits per heavy atom. The summed E-state index contributed by atoms with van der Waals surface area (Å²) in [4.78, 5) is 32.6. The molecule has 0 radical (unpaired) electrons. The second-order valence-electron chi connectivity index (χ2n) is 8.42. The largest absolute Gasteiger partial charge is 0.479 e. The molecular weight excluding hydrogens is 440 g/mol. The molecule has 2 aromatic heterocycles. The number of carboxylic acids is 2. The van der Waals surface area contributed by atoms with Gasteiger partial charge in [0.15, 0.2) is 12.2 Å². The van der Waals surface area contributed by atoms with Gasteiger partial charge in [-0.25, -0.2) is 9.59 Å². The average Bonchev–Trinajstić information content (AvgIpc) is 3.47. The SMILES string of the molecule is CN1CCCC1c1cccnc1.CN1CCC[C@H]1c1cccnc1.O=C(O)C(O)C(O)C(=O)O. The lowest BCUT2D eigenvalue weighted by atomic mass is 10.1. The summed E-state index contributed by atoms with van der Waals surface area (Å²) in [5, 5.41) is 32.5. The van der Waals surface area contributed by atoms with Crippen molar-refractivity contribution < 1.29 is 30.0 Å². The monoisotopic (exact) mass is 474 g/mol. The molecule has 10 nitrogen and oxygen atoms in total. The van der Waals surface area contributed by atoms with Crippen LogP contribution in [0.4, 0.5) is 0 Å². The summed E-state index contributed by atoms with van der Waals surface area (Å²) in [7, 11) is 4.37. The molecule has 4 heterocycles. The number of aliphatic hydroxyl groups is 2.